The summed E-state index contributed by atoms with van der Waals surface area (Å²) in [6.07, 6.45) is 0. The first kappa shape index (κ1) is 14.3. The molecule has 0 unspecified atom stereocenters. The van der Waals surface area contributed by atoms with Crippen LogP contribution in [0.5, 0.6) is 5.75 Å². The van der Waals surface area contributed by atoms with Gasteiger partial charge in [-0.05, 0) is 24.3 Å². The molecular weight excluding hydrogens is 278 g/mol. The van der Waals surface area contributed by atoms with Gasteiger partial charge in [-0.1, -0.05) is 12.2 Å². The van der Waals surface area contributed by atoms with Crippen LogP contribution in [0.4, 0.5) is 0 Å². The Kier molecular flexibility index (Phi) is 4.79. The average molecular weight is 291 g/mol. The minimum atomic E-state index is -3.45. The van der Waals surface area contributed by atoms with Crippen LogP contribution in [0.1, 0.15) is 0 Å². The van der Waals surface area contributed by atoms with Gasteiger partial charge in [0, 0.05) is 24.9 Å². The van der Waals surface area contributed by atoms with Crippen LogP contribution in [0.25, 0.3) is 0 Å². The van der Waals surface area contributed by atoms with E-state index in [0.29, 0.717) is 20.9 Å². The Morgan fingerprint density at radius 2 is 1.82 bits per heavy atom. The highest BCUT2D eigenvalue weighted by molar-refractivity contribution is 8.79. The number of hydrogen-bond donors (Lipinski definition) is 0. The van der Waals surface area contributed by atoms with E-state index in [0.717, 1.165) is 0 Å². The Labute approximate surface area is 110 Å². The minimum absolute atomic E-state index is 0.215. The maximum atomic E-state index is 12.0. The van der Waals surface area contributed by atoms with Crippen molar-refractivity contribution in [2.75, 3.05) is 21.2 Å². The maximum Gasteiger partial charge on any atom is 0.236 e. The van der Waals surface area contributed by atoms with E-state index in [1.807, 2.05) is 0 Å². The van der Waals surface area contributed by atoms with Gasteiger partial charge < -0.3 is 9.64 Å². The third-order valence-corrected chi connectivity index (χ3v) is 6.11. The van der Waals surface area contributed by atoms with Crippen molar-refractivity contribution >= 4 is 36.2 Å². The normalized spacial score (nSPS) is 11.0. The van der Waals surface area contributed by atoms with Gasteiger partial charge >= 0.3 is 0 Å². The molecule has 1 aromatic carbocycles. The molecule has 0 spiro atoms. The second-order valence-electron chi connectivity index (χ2n) is 3.37. The average Bonchev–Trinajstić information content (AvgIpc) is 2.28. The monoisotopic (exact) mass is 291 g/mol. The molecule has 0 aliphatic rings. The second-order valence-corrected chi connectivity index (χ2v) is 7.77. The van der Waals surface area contributed by atoms with Crippen LogP contribution in [-0.2, 0) is 8.87 Å². The van der Waals surface area contributed by atoms with Gasteiger partial charge in [0.15, 0.2) is 4.32 Å². The van der Waals surface area contributed by atoms with Crippen LogP contribution in [-0.4, -0.2) is 38.8 Å². The van der Waals surface area contributed by atoms with Crippen LogP contribution >= 0.6 is 23.0 Å². The number of nitrogens with zero attached hydrogens (tertiary/aromatic N) is 1. The molecular formula is C10H13NO3S3. The molecule has 17 heavy (non-hydrogen) atoms. The van der Waals surface area contributed by atoms with Crippen LogP contribution in [0, 0.1) is 0 Å². The van der Waals surface area contributed by atoms with Crippen molar-refractivity contribution in [3.05, 3.63) is 24.3 Å². The van der Waals surface area contributed by atoms with Gasteiger partial charge in [-0.15, -0.1) is 0 Å². The third-order valence-electron chi connectivity index (χ3n) is 1.89. The van der Waals surface area contributed by atoms with Crippen molar-refractivity contribution in [2.24, 2.45) is 0 Å². The zero-order valence-corrected chi connectivity index (χ0v) is 12.2. The minimum Gasteiger partial charge on any atom is -0.497 e. The van der Waals surface area contributed by atoms with Gasteiger partial charge in [-0.2, -0.15) is 0 Å². The molecule has 0 fully saturated rings. The van der Waals surface area contributed by atoms with Gasteiger partial charge in [-0.25, -0.2) is 8.42 Å². The zero-order chi connectivity index (χ0) is 13.1. The molecule has 0 saturated heterocycles. The van der Waals surface area contributed by atoms with E-state index >= 15 is 0 Å². The highest BCUT2D eigenvalue weighted by Crippen LogP contribution is 2.26. The molecule has 0 aromatic heterocycles. The molecule has 0 heterocycles. The van der Waals surface area contributed by atoms with E-state index < -0.39 is 8.87 Å². The van der Waals surface area contributed by atoms with Crippen molar-refractivity contribution in [1.82, 2.24) is 4.90 Å². The molecule has 94 valence electrons. The van der Waals surface area contributed by atoms with Crippen molar-refractivity contribution in [3.8, 4) is 5.75 Å². The largest absolute Gasteiger partial charge is 0.497 e. The van der Waals surface area contributed by atoms with Gasteiger partial charge in [-0.3, -0.25) is 0 Å². The third kappa shape index (κ3) is 3.86. The first-order valence-electron chi connectivity index (χ1n) is 4.66. The summed E-state index contributed by atoms with van der Waals surface area (Å²) in [5, 5.41) is 0. The number of rotatable bonds is 3. The maximum absolute atomic E-state index is 12.0. The van der Waals surface area contributed by atoms with Gasteiger partial charge in [0.05, 0.1) is 12.0 Å². The summed E-state index contributed by atoms with van der Waals surface area (Å²) in [6, 6.07) is 6.21. The van der Waals surface area contributed by atoms with Gasteiger partial charge in [0.1, 0.15) is 5.75 Å². The fourth-order valence-corrected chi connectivity index (χ4v) is 4.30. The summed E-state index contributed by atoms with van der Waals surface area (Å²) in [5.41, 5.74) is 0. The van der Waals surface area contributed by atoms with Crippen LogP contribution in [0.2, 0.25) is 0 Å². The Morgan fingerprint density at radius 3 is 2.24 bits per heavy atom. The predicted molar refractivity (Wildman–Crippen MR) is 74.1 cm³/mol. The van der Waals surface area contributed by atoms with Gasteiger partial charge in [0.25, 0.3) is 0 Å². The zero-order valence-electron chi connectivity index (χ0n) is 9.71. The highest BCUT2D eigenvalue weighted by atomic mass is 33.1. The number of ether oxygens (including phenoxy) is 1. The first-order valence-corrected chi connectivity index (χ1v) is 7.89. The second kappa shape index (κ2) is 5.70. The Balaban J connectivity index is 2.93. The summed E-state index contributed by atoms with van der Waals surface area (Å²) in [4.78, 5) is 1.80. The van der Waals surface area contributed by atoms with E-state index in [1.165, 1.54) is 19.2 Å². The summed E-state index contributed by atoms with van der Waals surface area (Å²) in [7, 11) is 2.16. The lowest BCUT2D eigenvalue weighted by atomic mass is 10.3. The molecule has 1 rings (SSSR count). The van der Waals surface area contributed by atoms with Crippen molar-refractivity contribution in [3.63, 3.8) is 0 Å². The molecule has 0 N–H and O–H groups in total. The number of methoxy groups -OCH3 is 1. The molecule has 0 atom stereocenters. The summed E-state index contributed by atoms with van der Waals surface area (Å²) in [5.74, 6) is 0.615. The van der Waals surface area contributed by atoms with Crippen LogP contribution < -0.4 is 4.74 Å². The van der Waals surface area contributed by atoms with E-state index in [1.54, 1.807) is 31.1 Å². The number of thiocarbonyl (C=S) groups is 1. The molecule has 4 nitrogen and oxygen atoms in total. The molecule has 0 amide bonds. The lowest BCUT2D eigenvalue weighted by Crippen LogP contribution is -2.18. The van der Waals surface area contributed by atoms with Gasteiger partial charge in [0.2, 0.25) is 8.87 Å². The Bertz CT molecular complexity index is 494. The van der Waals surface area contributed by atoms with E-state index in [4.69, 9.17) is 17.0 Å². The van der Waals surface area contributed by atoms with Crippen LogP contribution in [0.15, 0.2) is 29.2 Å². The smallest absolute Gasteiger partial charge is 0.236 e. The lowest BCUT2D eigenvalue weighted by molar-refractivity contribution is 0.414. The molecule has 0 aliphatic carbocycles. The standard InChI is InChI=1S/C10H13NO3S3/c1-11(2)10(15)16-17(12,13)9-6-4-8(14-3)5-7-9/h4-7H,1-3H3. The van der Waals surface area contributed by atoms with E-state index in [-0.39, 0.29) is 4.90 Å². The summed E-state index contributed by atoms with van der Waals surface area (Å²) < 4.78 is 29.2. The summed E-state index contributed by atoms with van der Waals surface area (Å²) >= 11 is 4.96. The summed E-state index contributed by atoms with van der Waals surface area (Å²) in [6.45, 7) is 0. The van der Waals surface area contributed by atoms with Crippen LogP contribution in [0.3, 0.4) is 0 Å². The Morgan fingerprint density at radius 1 is 1.29 bits per heavy atom. The topological polar surface area (TPSA) is 46.6 Å². The van der Waals surface area contributed by atoms with Crippen molar-refractivity contribution < 1.29 is 13.2 Å². The van der Waals surface area contributed by atoms with E-state index in [2.05, 4.69) is 0 Å². The number of benzene rings is 1. The molecule has 0 bridgehead atoms. The van der Waals surface area contributed by atoms with Crippen molar-refractivity contribution in [2.45, 2.75) is 4.90 Å². The molecule has 1 aromatic rings. The molecule has 0 saturated carbocycles. The highest BCUT2D eigenvalue weighted by Gasteiger charge is 2.19. The molecule has 0 aliphatic heterocycles. The molecule has 0 radical (unpaired) electrons. The number of hydrogen-bond acceptors (Lipinski definition) is 5. The van der Waals surface area contributed by atoms with Crippen molar-refractivity contribution in [1.29, 1.82) is 0 Å². The lowest BCUT2D eigenvalue weighted by Gasteiger charge is -2.12. The fraction of sp³-hybridized carbons (Fsp3) is 0.300. The first-order chi connectivity index (χ1) is 7.86. The van der Waals surface area contributed by atoms with E-state index in [9.17, 15) is 8.42 Å². The Hall–Kier alpha value is -0.790. The molecule has 7 heteroatoms. The fourth-order valence-electron chi connectivity index (χ4n) is 0.959. The SMILES string of the molecule is COc1ccc(S(=O)(=O)SC(=S)N(C)C)cc1. The predicted octanol–water partition coefficient (Wildman–Crippen LogP) is 1.96. The quantitative estimate of drug-likeness (QED) is 0.627.